The lowest BCUT2D eigenvalue weighted by Gasteiger charge is -2.29. The van der Waals surface area contributed by atoms with Gasteiger partial charge in [0.15, 0.2) is 5.78 Å². The number of Topliss-reactive ketones (excluding diaryl/α,β-unsaturated/α-hetero) is 1. The number of piperidine rings is 1. The molecule has 0 bridgehead atoms. The fourth-order valence-corrected chi connectivity index (χ4v) is 3.44. The van der Waals surface area contributed by atoms with E-state index in [2.05, 4.69) is 0 Å². The van der Waals surface area contributed by atoms with E-state index in [4.69, 9.17) is 23.2 Å². The molecule has 1 fully saturated rings. The number of hydrogen-bond acceptors (Lipinski definition) is 4. The third-order valence-corrected chi connectivity index (χ3v) is 5.00. The van der Waals surface area contributed by atoms with Gasteiger partial charge in [-0.15, -0.1) is 0 Å². The summed E-state index contributed by atoms with van der Waals surface area (Å²) < 4.78 is 25.9. The summed E-state index contributed by atoms with van der Waals surface area (Å²) in [6, 6.07) is 8.94. The number of hydrogen-bond donors (Lipinski definition) is 2. The van der Waals surface area contributed by atoms with Crippen molar-refractivity contribution >= 4 is 41.1 Å². The Bertz CT molecular complexity index is 932. The minimum atomic E-state index is -2.54. The first-order valence-electron chi connectivity index (χ1n) is 8.66. The monoisotopic (exact) mass is 439 g/mol. The maximum atomic E-state index is 13.0. The molecule has 0 amide bonds. The Kier molecular flexibility index (Phi) is 6.57. The molecule has 0 aromatic heterocycles. The molecule has 1 aliphatic rings. The molecule has 4 nitrogen and oxygen atoms in total. The van der Waals surface area contributed by atoms with Crippen LogP contribution in [-0.2, 0) is 4.79 Å². The van der Waals surface area contributed by atoms with Crippen LogP contribution in [0, 0.1) is 0 Å². The summed E-state index contributed by atoms with van der Waals surface area (Å²) in [6.07, 6.45) is 0.600. The molecule has 3 rings (SSSR count). The fraction of sp³-hybridized carbons (Fsp3) is 0.190. The topological polar surface area (TPSA) is 60.8 Å². The summed E-state index contributed by atoms with van der Waals surface area (Å²) in [5.41, 5.74) is 1.80. The molecule has 0 aliphatic carbocycles. The van der Waals surface area contributed by atoms with Crippen LogP contribution in [0.3, 0.4) is 0 Å². The molecule has 2 aromatic rings. The molecule has 0 spiro atoms. The van der Waals surface area contributed by atoms with Gasteiger partial charge in [0, 0.05) is 24.2 Å². The quantitative estimate of drug-likeness (QED) is 0.656. The van der Waals surface area contributed by atoms with Crippen molar-refractivity contribution in [1.29, 1.82) is 0 Å². The summed E-state index contributed by atoms with van der Waals surface area (Å²) in [4.78, 5) is 14.4. The molecular weight excluding hydrogens is 423 g/mol. The number of ketones is 1. The van der Waals surface area contributed by atoms with Crippen LogP contribution in [0.2, 0.25) is 10.0 Å². The van der Waals surface area contributed by atoms with Crippen LogP contribution in [0.5, 0.6) is 11.5 Å². The molecule has 1 saturated heterocycles. The molecular formula is C21H17Cl2F2NO3. The molecule has 1 aliphatic heterocycles. The van der Waals surface area contributed by atoms with E-state index in [0.717, 1.165) is 0 Å². The first-order valence-corrected chi connectivity index (χ1v) is 9.42. The summed E-state index contributed by atoms with van der Waals surface area (Å²) in [5.74, 6) is -0.454. The van der Waals surface area contributed by atoms with Gasteiger partial charge < -0.3 is 10.2 Å². The molecule has 0 radical (unpaired) electrons. The molecule has 0 unspecified atom stereocenters. The van der Waals surface area contributed by atoms with E-state index in [0.29, 0.717) is 22.3 Å². The van der Waals surface area contributed by atoms with E-state index >= 15 is 0 Å². The molecule has 1 heterocycles. The Morgan fingerprint density at radius 3 is 1.76 bits per heavy atom. The highest BCUT2D eigenvalue weighted by molar-refractivity contribution is 6.32. The van der Waals surface area contributed by atoms with Crippen LogP contribution in [0.25, 0.3) is 12.2 Å². The van der Waals surface area contributed by atoms with E-state index in [1.165, 1.54) is 29.2 Å². The summed E-state index contributed by atoms with van der Waals surface area (Å²) >= 11 is 11.8. The lowest BCUT2D eigenvalue weighted by molar-refractivity contribution is -0.113. The highest BCUT2D eigenvalue weighted by Crippen LogP contribution is 2.29. The first kappa shape index (κ1) is 21.3. The highest BCUT2D eigenvalue weighted by Gasteiger charge is 2.27. The first-order chi connectivity index (χ1) is 13.7. The standard InChI is InChI=1S/C21H17Cl2F2NO3/c22-16-7-12(1-3-18(16)27)5-14-9-26(11-20(24)25)10-15(21(14)29)6-13-2-4-19(28)17(23)8-13/h1-8,20,27-28H,9-11H2. The Morgan fingerprint density at radius 1 is 0.931 bits per heavy atom. The maximum absolute atomic E-state index is 13.0. The number of phenolic OH excluding ortho intramolecular Hbond substituents is 2. The molecule has 2 N–H and O–H groups in total. The van der Waals surface area contributed by atoms with Crippen molar-refractivity contribution in [2.75, 3.05) is 19.6 Å². The van der Waals surface area contributed by atoms with Gasteiger partial charge in [-0.25, -0.2) is 8.78 Å². The zero-order chi connectivity index (χ0) is 21.1. The van der Waals surface area contributed by atoms with Crippen LogP contribution in [0.4, 0.5) is 8.78 Å². The second-order valence-electron chi connectivity index (χ2n) is 6.65. The number of carbonyl (C=O) groups is 1. The lowest BCUT2D eigenvalue weighted by atomic mass is 9.94. The SMILES string of the molecule is O=C1C(=Cc2ccc(O)c(Cl)c2)CN(CC(F)F)CC1=Cc1ccc(O)c(Cl)c1. The number of carbonyl (C=O) groups excluding carboxylic acids is 1. The minimum Gasteiger partial charge on any atom is -0.506 e. The van der Waals surface area contributed by atoms with E-state index in [1.54, 1.807) is 24.3 Å². The van der Waals surface area contributed by atoms with Crippen LogP contribution < -0.4 is 0 Å². The summed E-state index contributed by atoms with van der Waals surface area (Å²) in [7, 11) is 0. The van der Waals surface area contributed by atoms with Gasteiger partial charge in [0.05, 0.1) is 16.6 Å². The zero-order valence-corrected chi connectivity index (χ0v) is 16.6. The maximum Gasteiger partial charge on any atom is 0.251 e. The van der Waals surface area contributed by atoms with Gasteiger partial charge in [0.2, 0.25) is 0 Å². The van der Waals surface area contributed by atoms with Gasteiger partial charge in [-0.3, -0.25) is 9.69 Å². The number of nitrogens with zero attached hydrogens (tertiary/aromatic N) is 1. The predicted octanol–water partition coefficient (Wildman–Crippen LogP) is 5.02. The summed E-state index contributed by atoms with van der Waals surface area (Å²) in [6.45, 7) is -0.348. The van der Waals surface area contributed by atoms with Gasteiger partial charge in [-0.05, 0) is 47.5 Å². The second kappa shape index (κ2) is 8.95. The fourth-order valence-electron chi connectivity index (χ4n) is 3.06. The molecule has 29 heavy (non-hydrogen) atoms. The Labute approximate surface area is 176 Å². The summed E-state index contributed by atoms with van der Waals surface area (Å²) in [5, 5.41) is 19.3. The average molecular weight is 440 g/mol. The van der Waals surface area contributed by atoms with Crippen molar-refractivity contribution in [2.24, 2.45) is 0 Å². The number of rotatable bonds is 4. The number of phenols is 2. The number of aromatic hydroxyl groups is 2. The van der Waals surface area contributed by atoms with Crippen molar-refractivity contribution in [1.82, 2.24) is 4.90 Å². The van der Waals surface area contributed by atoms with Crippen molar-refractivity contribution in [3.05, 3.63) is 68.7 Å². The van der Waals surface area contributed by atoms with Crippen LogP contribution in [0.1, 0.15) is 11.1 Å². The Morgan fingerprint density at radius 2 is 1.38 bits per heavy atom. The second-order valence-corrected chi connectivity index (χ2v) is 7.47. The third-order valence-electron chi connectivity index (χ3n) is 4.39. The van der Waals surface area contributed by atoms with Crippen molar-refractivity contribution in [3.63, 3.8) is 0 Å². The van der Waals surface area contributed by atoms with Gasteiger partial charge in [-0.2, -0.15) is 0 Å². The van der Waals surface area contributed by atoms with Gasteiger partial charge in [0.25, 0.3) is 6.43 Å². The van der Waals surface area contributed by atoms with E-state index in [9.17, 15) is 23.8 Å². The average Bonchev–Trinajstić information content (AvgIpc) is 2.64. The van der Waals surface area contributed by atoms with Crippen LogP contribution in [-0.4, -0.2) is 47.0 Å². The molecule has 0 saturated carbocycles. The van der Waals surface area contributed by atoms with Crippen LogP contribution >= 0.6 is 23.2 Å². The molecule has 2 aromatic carbocycles. The number of likely N-dealkylation sites (tertiary alicyclic amines) is 1. The largest absolute Gasteiger partial charge is 0.506 e. The molecule has 0 atom stereocenters. The van der Waals surface area contributed by atoms with E-state index < -0.39 is 13.0 Å². The minimum absolute atomic E-state index is 0.0648. The normalized spacial score (nSPS) is 18.2. The lowest BCUT2D eigenvalue weighted by Crippen LogP contribution is -2.40. The van der Waals surface area contributed by atoms with Crippen molar-refractivity contribution in [3.8, 4) is 11.5 Å². The third kappa shape index (κ3) is 5.35. The highest BCUT2D eigenvalue weighted by atomic mass is 35.5. The Balaban J connectivity index is 1.98. The van der Waals surface area contributed by atoms with Crippen LogP contribution in [0.15, 0.2) is 47.5 Å². The van der Waals surface area contributed by atoms with Crippen molar-refractivity contribution in [2.45, 2.75) is 6.43 Å². The number of benzene rings is 2. The van der Waals surface area contributed by atoms with E-state index in [1.807, 2.05) is 0 Å². The van der Waals surface area contributed by atoms with Gasteiger partial charge >= 0.3 is 0 Å². The molecule has 152 valence electrons. The number of alkyl halides is 2. The Hall–Kier alpha value is -2.41. The molecule has 8 heteroatoms. The number of halogens is 4. The zero-order valence-electron chi connectivity index (χ0n) is 15.1. The van der Waals surface area contributed by atoms with Gasteiger partial charge in [-0.1, -0.05) is 35.3 Å². The van der Waals surface area contributed by atoms with Crippen molar-refractivity contribution < 1.29 is 23.8 Å². The smallest absolute Gasteiger partial charge is 0.251 e. The predicted molar refractivity (Wildman–Crippen MR) is 110 cm³/mol. The van der Waals surface area contributed by atoms with Gasteiger partial charge in [0.1, 0.15) is 11.5 Å². The van der Waals surface area contributed by atoms with E-state index in [-0.39, 0.29) is 40.4 Å².